The largest absolute Gasteiger partial charge is 1.00 e. The molecule has 0 amide bonds. The molecule has 3 heteroatoms. The number of hydrogen-bond acceptors (Lipinski definition) is 0. The van der Waals surface area contributed by atoms with Crippen LogP contribution in [0.25, 0.3) is 16.7 Å². The molecule has 0 saturated carbocycles. The van der Waals surface area contributed by atoms with E-state index in [-0.39, 0.29) is 35.6 Å². The van der Waals surface area contributed by atoms with Gasteiger partial charge in [0.05, 0.1) is 0 Å². The summed E-state index contributed by atoms with van der Waals surface area (Å²) in [7, 11) is 0. The zero-order valence-electron chi connectivity index (χ0n) is 30.7. The van der Waals surface area contributed by atoms with Crippen LogP contribution in [0.1, 0.15) is 94.3 Å². The van der Waals surface area contributed by atoms with Crippen LogP contribution in [0.2, 0.25) is 0 Å². The maximum Gasteiger partial charge on any atom is -1.00 e. The molecule has 0 spiro atoms. The van der Waals surface area contributed by atoms with Crippen LogP contribution in [0.3, 0.4) is 0 Å². The molecule has 254 valence electrons. The van der Waals surface area contributed by atoms with Gasteiger partial charge in [-0.2, -0.15) is 0 Å². The van der Waals surface area contributed by atoms with E-state index in [0.29, 0.717) is 5.92 Å². The van der Waals surface area contributed by atoms with Crippen molar-refractivity contribution in [1.82, 2.24) is 0 Å². The molecule has 7 rings (SSSR count). The van der Waals surface area contributed by atoms with Gasteiger partial charge in [-0.1, -0.05) is 0 Å². The first kappa shape index (κ1) is 38.2. The zero-order valence-corrected chi connectivity index (χ0v) is 34.6. The summed E-state index contributed by atoms with van der Waals surface area (Å²) in [5.41, 5.74) is 15.9. The zero-order chi connectivity index (χ0) is 33.8. The van der Waals surface area contributed by atoms with Crippen LogP contribution < -0.4 is 28.1 Å². The predicted molar refractivity (Wildman–Crippen MR) is 204 cm³/mol. The van der Waals surface area contributed by atoms with Gasteiger partial charge in [0.2, 0.25) is 0 Å². The van der Waals surface area contributed by atoms with E-state index >= 15 is 0 Å². The van der Waals surface area contributed by atoms with Gasteiger partial charge in [-0.25, -0.2) is 0 Å². The van der Waals surface area contributed by atoms with E-state index in [1.165, 1.54) is 55.7 Å². The Morgan fingerprint density at radius 2 is 1.14 bits per heavy atom. The van der Waals surface area contributed by atoms with Crippen molar-refractivity contribution in [1.29, 1.82) is 0 Å². The molecule has 5 aromatic rings. The Morgan fingerprint density at radius 3 is 1.68 bits per heavy atom. The number of allylic oxidation sites excluding steroid dienone is 4. The molecule has 1 atom stereocenters. The third-order valence-electron chi connectivity index (χ3n) is 10.4. The Balaban J connectivity index is 0.00000243. The second-order valence-corrected chi connectivity index (χ2v) is 21.6. The Morgan fingerprint density at radius 1 is 0.620 bits per heavy atom. The van der Waals surface area contributed by atoms with Gasteiger partial charge in [0.1, 0.15) is 0 Å². The van der Waals surface area contributed by atoms with Crippen LogP contribution in [-0.2, 0) is 38.5 Å². The minimum Gasteiger partial charge on any atom is -1.00 e. The van der Waals surface area contributed by atoms with Crippen LogP contribution in [0.5, 0.6) is 0 Å². The second kappa shape index (κ2) is 14.9. The molecular formula is C47H48Cl2Zr. The van der Waals surface area contributed by atoms with E-state index in [2.05, 4.69) is 183 Å². The standard InChI is InChI=1S/C21H25.C13H13.C13H10.2ClH.Zr/c1-20(2,3)16-9-7-14-11-15-8-10-17(21(4,5)6)13-19(15)18(14)12-16;1-10-8-11(2)13(9-10)12-6-4-3-5-7-12;1-3-7-12(8-4-1)11-13-9-5-2-6-10-13;;;/h7,9-10,12-13H,11H2,1-6H3;3-7,9-10H,1-2H3;1-10H;2*1H;/q;;;;;+2/p-2. The molecule has 2 aliphatic carbocycles. The van der Waals surface area contributed by atoms with E-state index in [0.717, 1.165) is 6.42 Å². The predicted octanol–water partition coefficient (Wildman–Crippen LogP) is 5.38. The molecule has 0 fully saturated rings. The van der Waals surface area contributed by atoms with Gasteiger partial charge >= 0.3 is 298 Å². The fourth-order valence-electron chi connectivity index (χ4n) is 7.77. The summed E-state index contributed by atoms with van der Waals surface area (Å²) in [6, 6.07) is 46.3. The minimum absolute atomic E-state index is 0. The van der Waals surface area contributed by atoms with Gasteiger partial charge < -0.3 is 24.8 Å². The molecule has 0 bridgehead atoms. The first-order valence-electron chi connectivity index (χ1n) is 17.6. The molecular weight excluding hydrogens is 727 g/mol. The first-order valence-corrected chi connectivity index (χ1v) is 21.3. The van der Waals surface area contributed by atoms with Crippen molar-refractivity contribution in [3.8, 4) is 11.1 Å². The van der Waals surface area contributed by atoms with Crippen LogP contribution in [0, 0.1) is 5.92 Å². The fraction of sp³-hybridized carbons (Fsp3) is 0.255. The van der Waals surface area contributed by atoms with E-state index in [4.69, 9.17) is 0 Å². The number of hydrogen-bond donors (Lipinski definition) is 0. The van der Waals surface area contributed by atoms with E-state index in [1.54, 1.807) is 15.3 Å². The van der Waals surface area contributed by atoms with E-state index in [1.807, 2.05) is 0 Å². The number of fused-ring (bicyclic) bond motifs is 3. The van der Waals surface area contributed by atoms with Gasteiger partial charge in [-0.15, -0.1) is 0 Å². The average molecular weight is 775 g/mol. The summed E-state index contributed by atoms with van der Waals surface area (Å²) in [5, 5.41) is 0. The third kappa shape index (κ3) is 7.17. The summed E-state index contributed by atoms with van der Waals surface area (Å²) in [5.74, 6) is 0.377. The van der Waals surface area contributed by atoms with Gasteiger partial charge in [0.25, 0.3) is 0 Å². The molecule has 0 radical (unpaired) electrons. The van der Waals surface area contributed by atoms with Crippen LogP contribution in [0.4, 0.5) is 0 Å². The minimum atomic E-state index is -2.96. The van der Waals surface area contributed by atoms with Crippen LogP contribution in [0.15, 0.2) is 136 Å². The molecule has 0 saturated heterocycles. The molecule has 0 aliphatic heterocycles. The van der Waals surface area contributed by atoms with Crippen molar-refractivity contribution in [2.45, 2.75) is 72.6 Å². The quantitative estimate of drug-likeness (QED) is 0.221. The normalized spacial score (nSPS) is 14.9. The topological polar surface area (TPSA) is 0 Å². The summed E-state index contributed by atoms with van der Waals surface area (Å²) in [6.07, 6.45) is 3.57. The molecule has 5 aromatic carbocycles. The Hall–Kier alpha value is -3.09. The summed E-state index contributed by atoms with van der Waals surface area (Å²) >= 11 is -2.96. The van der Waals surface area contributed by atoms with Crippen LogP contribution in [-0.4, -0.2) is 3.21 Å². The van der Waals surface area contributed by atoms with Gasteiger partial charge in [-0.05, 0) is 0 Å². The summed E-state index contributed by atoms with van der Waals surface area (Å²) in [4.78, 5) is 0. The van der Waals surface area contributed by atoms with Crippen molar-refractivity contribution in [3.63, 3.8) is 0 Å². The Bertz CT molecular complexity index is 2060. The van der Waals surface area contributed by atoms with Crippen LogP contribution >= 0.6 is 0 Å². The molecule has 2 aliphatic rings. The first-order chi connectivity index (χ1) is 22.9. The van der Waals surface area contributed by atoms with E-state index < -0.39 is 21.3 Å². The summed E-state index contributed by atoms with van der Waals surface area (Å²) in [6.45, 7) is 19.1. The number of halogens is 2. The van der Waals surface area contributed by atoms with E-state index in [9.17, 15) is 0 Å². The monoisotopic (exact) mass is 772 g/mol. The van der Waals surface area contributed by atoms with Gasteiger partial charge in [-0.3, -0.25) is 0 Å². The smallest absolute Gasteiger partial charge is 1.00 e. The Kier molecular flexibility index (Phi) is 11.3. The molecule has 50 heavy (non-hydrogen) atoms. The number of benzene rings is 5. The second-order valence-electron chi connectivity index (χ2n) is 15.9. The molecule has 0 heterocycles. The van der Waals surface area contributed by atoms with Crippen molar-refractivity contribution < 1.29 is 46.1 Å². The molecule has 1 unspecified atom stereocenters. The summed E-state index contributed by atoms with van der Waals surface area (Å²) < 4.78 is 4.95. The van der Waals surface area contributed by atoms with Crippen molar-refractivity contribution >= 4 is 12.1 Å². The van der Waals surface area contributed by atoms with Crippen molar-refractivity contribution in [2.75, 3.05) is 0 Å². The number of rotatable bonds is 5. The van der Waals surface area contributed by atoms with Gasteiger partial charge in [0, 0.05) is 0 Å². The Labute approximate surface area is 320 Å². The maximum absolute atomic E-state index is 2.96. The van der Waals surface area contributed by atoms with Crippen molar-refractivity contribution in [2.24, 2.45) is 5.92 Å². The third-order valence-corrected chi connectivity index (χ3v) is 18.9. The average Bonchev–Trinajstić information content (AvgIpc) is 3.59. The molecule has 0 N–H and O–H groups in total. The maximum atomic E-state index is 2.67. The molecule has 0 aromatic heterocycles. The van der Waals surface area contributed by atoms with Crippen molar-refractivity contribution in [3.05, 3.63) is 175 Å². The molecule has 0 nitrogen and oxygen atoms in total. The fourth-order valence-corrected chi connectivity index (χ4v) is 16.6. The van der Waals surface area contributed by atoms with Gasteiger partial charge in [0.15, 0.2) is 0 Å². The SMILES string of the molecule is CC1=[C]([Zr+2](=[C](c2ccccc2)c2ccccc2)[c]2cc(C(C)(C)C)cc3c2Cc2ccc(C(C)(C)C)cc2-3)C(C)C=C1c1ccccc1.[Cl-].[Cl-].